The van der Waals surface area contributed by atoms with Gasteiger partial charge >= 0.3 is 0 Å². The molecular weight excluding hydrogens is 232 g/mol. The summed E-state index contributed by atoms with van der Waals surface area (Å²) in [4.78, 5) is 0. The monoisotopic (exact) mass is 256 g/mol. The van der Waals surface area contributed by atoms with Gasteiger partial charge in [0.1, 0.15) is 0 Å². The number of hydrogen-bond donors (Lipinski definition) is 1. The van der Waals surface area contributed by atoms with E-state index in [-0.39, 0.29) is 0 Å². The first-order valence-electron chi connectivity index (χ1n) is 7.13. The minimum Gasteiger partial charge on any atom is -0.350 e. The van der Waals surface area contributed by atoms with Crippen molar-refractivity contribution in [2.75, 3.05) is 6.54 Å². The second-order valence-electron chi connectivity index (χ2n) is 5.37. The number of nitrogens with one attached hydrogen (secondary N) is 1. The third-order valence-electron chi connectivity index (χ3n) is 3.40. The molecule has 0 aliphatic carbocycles. The summed E-state index contributed by atoms with van der Waals surface area (Å²) >= 11 is 0. The number of hydrogen-bond acceptors (Lipinski definition) is 1. The minimum absolute atomic E-state index is 0.604. The Bertz CT molecular complexity index is 494. The number of aromatic nitrogens is 1. The minimum atomic E-state index is 0.604. The first kappa shape index (κ1) is 13.9. The summed E-state index contributed by atoms with van der Waals surface area (Å²) in [6.07, 6.45) is 4.38. The summed E-state index contributed by atoms with van der Waals surface area (Å²) in [6.45, 7) is 9.51. The van der Waals surface area contributed by atoms with E-state index in [1.165, 1.54) is 16.7 Å². The Morgan fingerprint density at radius 1 is 1.05 bits per heavy atom. The summed E-state index contributed by atoms with van der Waals surface area (Å²) in [5.74, 6) is 0.604. The van der Waals surface area contributed by atoms with Gasteiger partial charge in [-0.1, -0.05) is 45.0 Å². The molecule has 0 aliphatic heterocycles. The van der Waals surface area contributed by atoms with Gasteiger partial charge in [-0.15, -0.1) is 0 Å². The van der Waals surface area contributed by atoms with E-state index in [1.54, 1.807) is 0 Å². The topological polar surface area (TPSA) is 17.0 Å². The van der Waals surface area contributed by atoms with Crippen LogP contribution in [0.3, 0.4) is 0 Å². The van der Waals surface area contributed by atoms with Crippen molar-refractivity contribution in [3.63, 3.8) is 0 Å². The van der Waals surface area contributed by atoms with Gasteiger partial charge in [0.15, 0.2) is 0 Å². The highest BCUT2D eigenvalue weighted by atomic mass is 14.9. The predicted octanol–water partition coefficient (Wildman–Crippen LogP) is 3.77. The van der Waals surface area contributed by atoms with E-state index in [0.717, 1.165) is 19.6 Å². The lowest BCUT2D eigenvalue weighted by atomic mass is 10.0. The van der Waals surface area contributed by atoms with Crippen LogP contribution in [0.15, 0.2) is 42.7 Å². The number of rotatable bonds is 6. The van der Waals surface area contributed by atoms with Crippen LogP contribution in [0.2, 0.25) is 0 Å². The molecule has 19 heavy (non-hydrogen) atoms. The van der Waals surface area contributed by atoms with Crippen molar-refractivity contribution in [3.8, 4) is 0 Å². The summed E-state index contributed by atoms with van der Waals surface area (Å²) in [5, 5.41) is 3.35. The van der Waals surface area contributed by atoms with E-state index in [9.17, 15) is 0 Å². The van der Waals surface area contributed by atoms with Crippen molar-refractivity contribution in [3.05, 3.63) is 59.4 Å². The van der Waals surface area contributed by atoms with Gasteiger partial charge in [0.2, 0.25) is 0 Å². The fraction of sp³-hybridized carbons (Fsp3) is 0.412. The molecule has 0 bridgehead atoms. The molecule has 2 nitrogen and oxygen atoms in total. The molecule has 102 valence electrons. The van der Waals surface area contributed by atoms with E-state index < -0.39 is 0 Å². The molecule has 2 heteroatoms. The molecule has 1 aromatic carbocycles. The van der Waals surface area contributed by atoms with Crippen LogP contribution in [0, 0.1) is 0 Å². The molecule has 0 fully saturated rings. The van der Waals surface area contributed by atoms with Gasteiger partial charge in [-0.2, -0.15) is 0 Å². The zero-order valence-electron chi connectivity index (χ0n) is 12.2. The lowest BCUT2D eigenvalue weighted by Gasteiger charge is -2.07. The summed E-state index contributed by atoms with van der Waals surface area (Å²) < 4.78 is 2.25. The fourth-order valence-corrected chi connectivity index (χ4v) is 2.18. The zero-order valence-corrected chi connectivity index (χ0v) is 12.2. The Hall–Kier alpha value is -1.54. The van der Waals surface area contributed by atoms with Crippen molar-refractivity contribution in [2.24, 2.45) is 0 Å². The van der Waals surface area contributed by atoms with Crippen molar-refractivity contribution in [1.29, 1.82) is 0 Å². The normalized spacial score (nSPS) is 11.2. The molecule has 2 aromatic rings. The Morgan fingerprint density at radius 3 is 2.42 bits per heavy atom. The molecule has 2 rings (SSSR count). The molecule has 0 amide bonds. The van der Waals surface area contributed by atoms with Gasteiger partial charge in [0.05, 0.1) is 0 Å². The molecule has 1 heterocycles. The second-order valence-corrected chi connectivity index (χ2v) is 5.37. The lowest BCUT2D eigenvalue weighted by molar-refractivity contribution is 0.721. The summed E-state index contributed by atoms with van der Waals surface area (Å²) in [6, 6.07) is 11.1. The number of benzene rings is 1. The van der Waals surface area contributed by atoms with E-state index in [2.05, 4.69) is 73.4 Å². The molecule has 0 aliphatic rings. The zero-order chi connectivity index (χ0) is 13.7. The first-order valence-corrected chi connectivity index (χ1v) is 7.13. The fourth-order valence-electron chi connectivity index (χ4n) is 2.18. The molecule has 0 saturated carbocycles. The van der Waals surface area contributed by atoms with Crippen LogP contribution in [0.5, 0.6) is 0 Å². The summed E-state index contributed by atoms with van der Waals surface area (Å²) in [5.41, 5.74) is 4.11. The molecule has 1 aromatic heterocycles. The maximum Gasteiger partial charge on any atom is 0.0470 e. The van der Waals surface area contributed by atoms with Gasteiger partial charge in [-0.3, -0.25) is 0 Å². The Labute approximate surface area is 116 Å². The maximum absolute atomic E-state index is 3.35. The maximum atomic E-state index is 3.35. The van der Waals surface area contributed by atoms with Gasteiger partial charge in [0.25, 0.3) is 0 Å². The Morgan fingerprint density at radius 2 is 1.79 bits per heavy atom. The second kappa shape index (κ2) is 6.58. The van der Waals surface area contributed by atoms with Gasteiger partial charge < -0.3 is 9.88 Å². The Balaban J connectivity index is 1.98. The highest BCUT2D eigenvalue weighted by Gasteiger charge is 2.01. The van der Waals surface area contributed by atoms with Gasteiger partial charge in [0, 0.05) is 25.5 Å². The third kappa shape index (κ3) is 3.97. The van der Waals surface area contributed by atoms with Crippen LogP contribution >= 0.6 is 0 Å². The lowest BCUT2D eigenvalue weighted by Crippen LogP contribution is -2.11. The van der Waals surface area contributed by atoms with Crippen LogP contribution in [0.4, 0.5) is 0 Å². The Kier molecular flexibility index (Phi) is 4.80. The van der Waals surface area contributed by atoms with E-state index in [0.29, 0.717) is 5.92 Å². The largest absolute Gasteiger partial charge is 0.350 e. The molecule has 0 radical (unpaired) electrons. The van der Waals surface area contributed by atoms with Crippen LogP contribution in [0.25, 0.3) is 0 Å². The van der Waals surface area contributed by atoms with E-state index in [4.69, 9.17) is 0 Å². The van der Waals surface area contributed by atoms with Crippen molar-refractivity contribution in [1.82, 2.24) is 9.88 Å². The molecular formula is C17H24N2. The average Bonchev–Trinajstić information content (AvgIpc) is 2.84. The van der Waals surface area contributed by atoms with Crippen LogP contribution in [0.1, 0.15) is 43.4 Å². The first-order chi connectivity index (χ1) is 9.19. The summed E-state index contributed by atoms with van der Waals surface area (Å²) in [7, 11) is 0. The molecule has 0 unspecified atom stereocenters. The predicted molar refractivity (Wildman–Crippen MR) is 81.4 cm³/mol. The van der Waals surface area contributed by atoms with Crippen molar-refractivity contribution in [2.45, 2.75) is 39.8 Å². The van der Waals surface area contributed by atoms with Crippen LogP contribution < -0.4 is 5.32 Å². The van der Waals surface area contributed by atoms with Crippen molar-refractivity contribution >= 4 is 0 Å². The van der Waals surface area contributed by atoms with Crippen LogP contribution in [-0.4, -0.2) is 11.1 Å². The standard InChI is InChI=1S/C17H24N2/c1-4-18-11-16-9-10-19(13-16)12-15-5-7-17(8-6-15)14(2)3/h5-10,13-14,18H,4,11-12H2,1-3H3. The quantitative estimate of drug-likeness (QED) is 0.832. The third-order valence-corrected chi connectivity index (χ3v) is 3.40. The van der Waals surface area contributed by atoms with Gasteiger partial charge in [-0.05, 0) is 35.2 Å². The molecule has 0 atom stereocenters. The van der Waals surface area contributed by atoms with Crippen molar-refractivity contribution < 1.29 is 0 Å². The molecule has 0 saturated heterocycles. The SMILES string of the molecule is CCNCc1ccn(Cc2ccc(C(C)C)cc2)c1. The smallest absolute Gasteiger partial charge is 0.0470 e. The highest BCUT2D eigenvalue weighted by Crippen LogP contribution is 2.15. The van der Waals surface area contributed by atoms with E-state index in [1.807, 2.05) is 0 Å². The average molecular weight is 256 g/mol. The molecule has 1 N–H and O–H groups in total. The van der Waals surface area contributed by atoms with E-state index >= 15 is 0 Å². The molecule has 0 spiro atoms. The van der Waals surface area contributed by atoms with Crippen LogP contribution in [-0.2, 0) is 13.1 Å². The highest BCUT2D eigenvalue weighted by molar-refractivity contribution is 5.25. The van der Waals surface area contributed by atoms with Gasteiger partial charge in [-0.25, -0.2) is 0 Å². The number of nitrogens with zero attached hydrogens (tertiary/aromatic N) is 1.